The normalized spacial score (nSPS) is 21.4. The lowest BCUT2D eigenvalue weighted by atomic mass is 9.96. The van der Waals surface area contributed by atoms with Crippen LogP contribution in [0.1, 0.15) is 30.1 Å². The fourth-order valence-corrected chi connectivity index (χ4v) is 2.34. The van der Waals surface area contributed by atoms with Gasteiger partial charge in [-0.25, -0.2) is 9.97 Å². The van der Waals surface area contributed by atoms with Crippen LogP contribution < -0.4 is 5.32 Å². The minimum absolute atomic E-state index is 0.552. The Balaban J connectivity index is 1.97. The number of hydrogen-bond acceptors (Lipinski definition) is 3. The molecule has 0 spiro atoms. The van der Waals surface area contributed by atoms with Gasteiger partial charge in [-0.15, -0.1) is 0 Å². The molecule has 0 saturated carbocycles. The highest BCUT2D eigenvalue weighted by Gasteiger charge is 2.16. The molecule has 1 atom stereocenters. The molecule has 16 heavy (non-hydrogen) atoms. The van der Waals surface area contributed by atoms with Crippen molar-refractivity contribution in [1.82, 2.24) is 19.7 Å². The maximum absolute atomic E-state index is 4.63. The molecule has 4 nitrogen and oxygen atoms in total. The molecule has 1 aliphatic heterocycles. The topological polar surface area (TPSA) is 42.2 Å². The summed E-state index contributed by atoms with van der Waals surface area (Å²) in [6.45, 7) is 4.18. The minimum atomic E-state index is 0.552. The number of nitrogens with zero attached hydrogens (tertiary/aromatic N) is 3. The van der Waals surface area contributed by atoms with Crippen molar-refractivity contribution >= 4 is 5.78 Å². The first kappa shape index (κ1) is 9.78. The van der Waals surface area contributed by atoms with E-state index in [9.17, 15) is 0 Å². The summed E-state index contributed by atoms with van der Waals surface area (Å²) < 4.78 is 1.98. The van der Waals surface area contributed by atoms with Gasteiger partial charge >= 0.3 is 0 Å². The predicted octanol–water partition coefficient (Wildman–Crippen LogP) is 1.50. The van der Waals surface area contributed by atoms with Crippen LogP contribution in [0.5, 0.6) is 0 Å². The van der Waals surface area contributed by atoms with E-state index >= 15 is 0 Å². The van der Waals surface area contributed by atoms with Crippen LogP contribution in [0.2, 0.25) is 0 Å². The first-order valence-corrected chi connectivity index (χ1v) is 5.86. The largest absolute Gasteiger partial charge is 0.316 e. The van der Waals surface area contributed by atoms with Crippen molar-refractivity contribution in [1.29, 1.82) is 0 Å². The number of piperidine rings is 1. The number of aromatic nitrogens is 3. The zero-order valence-electron chi connectivity index (χ0n) is 9.48. The third-order valence-electron chi connectivity index (χ3n) is 3.18. The highest BCUT2D eigenvalue weighted by atomic mass is 15.1. The van der Waals surface area contributed by atoms with Gasteiger partial charge in [-0.3, -0.25) is 4.40 Å². The zero-order valence-corrected chi connectivity index (χ0v) is 9.48. The van der Waals surface area contributed by atoms with E-state index in [1.165, 1.54) is 18.5 Å². The van der Waals surface area contributed by atoms with Crippen LogP contribution in [0.25, 0.3) is 5.78 Å². The van der Waals surface area contributed by atoms with Gasteiger partial charge in [0.2, 0.25) is 5.78 Å². The van der Waals surface area contributed by atoms with Gasteiger partial charge in [-0.05, 0) is 32.4 Å². The predicted molar refractivity (Wildman–Crippen MR) is 62.6 cm³/mol. The highest BCUT2D eigenvalue weighted by Crippen LogP contribution is 2.21. The highest BCUT2D eigenvalue weighted by molar-refractivity contribution is 5.32. The molecule has 3 rings (SSSR count). The van der Waals surface area contributed by atoms with Crippen molar-refractivity contribution in [3.05, 3.63) is 29.8 Å². The van der Waals surface area contributed by atoms with Crippen LogP contribution in [0.15, 0.2) is 18.5 Å². The van der Waals surface area contributed by atoms with Crippen molar-refractivity contribution < 1.29 is 0 Å². The van der Waals surface area contributed by atoms with Gasteiger partial charge in [-0.1, -0.05) is 0 Å². The third kappa shape index (κ3) is 1.69. The Hall–Kier alpha value is -1.42. The third-order valence-corrected chi connectivity index (χ3v) is 3.18. The summed E-state index contributed by atoms with van der Waals surface area (Å²) in [6, 6.07) is 2.12. The van der Waals surface area contributed by atoms with Gasteiger partial charge in [0.15, 0.2) is 0 Å². The monoisotopic (exact) mass is 216 g/mol. The van der Waals surface area contributed by atoms with Crippen LogP contribution >= 0.6 is 0 Å². The number of aryl methyl sites for hydroxylation is 1. The van der Waals surface area contributed by atoms with Crippen molar-refractivity contribution in [3.8, 4) is 0 Å². The van der Waals surface area contributed by atoms with Gasteiger partial charge in [0, 0.05) is 24.9 Å². The lowest BCUT2D eigenvalue weighted by Crippen LogP contribution is -2.28. The second-order valence-electron chi connectivity index (χ2n) is 4.49. The maximum Gasteiger partial charge on any atom is 0.234 e. The maximum atomic E-state index is 4.63. The van der Waals surface area contributed by atoms with Gasteiger partial charge in [0.25, 0.3) is 0 Å². The van der Waals surface area contributed by atoms with Crippen LogP contribution in [-0.4, -0.2) is 27.5 Å². The van der Waals surface area contributed by atoms with E-state index in [4.69, 9.17) is 0 Å². The standard InChI is InChI=1S/C12H16N4/c1-9-8-16-6-4-11(15-12(16)14-9)10-3-2-5-13-7-10/h4,6,8,10,13H,2-3,5,7H2,1H3. The quantitative estimate of drug-likeness (QED) is 0.785. The summed E-state index contributed by atoms with van der Waals surface area (Å²) in [5.74, 6) is 1.37. The molecule has 0 aromatic carbocycles. The molecule has 0 bridgehead atoms. The van der Waals surface area contributed by atoms with E-state index in [-0.39, 0.29) is 0 Å². The molecule has 4 heteroatoms. The number of fused-ring (bicyclic) bond motifs is 1. The lowest BCUT2D eigenvalue weighted by Gasteiger charge is -2.21. The molecule has 1 aliphatic rings. The van der Waals surface area contributed by atoms with Crippen molar-refractivity contribution in [3.63, 3.8) is 0 Å². The van der Waals surface area contributed by atoms with E-state index in [1.54, 1.807) is 0 Å². The molecule has 1 saturated heterocycles. The van der Waals surface area contributed by atoms with Gasteiger partial charge in [-0.2, -0.15) is 0 Å². The Labute approximate surface area is 94.7 Å². The second-order valence-corrected chi connectivity index (χ2v) is 4.49. The molecule has 3 heterocycles. The summed E-state index contributed by atoms with van der Waals surface area (Å²) in [5.41, 5.74) is 2.19. The Kier molecular flexibility index (Phi) is 2.36. The van der Waals surface area contributed by atoms with Crippen LogP contribution in [0.3, 0.4) is 0 Å². The van der Waals surface area contributed by atoms with Gasteiger partial charge in [0.1, 0.15) is 0 Å². The van der Waals surface area contributed by atoms with Gasteiger partial charge in [0.05, 0.1) is 11.4 Å². The molecule has 84 valence electrons. The molecule has 0 aliphatic carbocycles. The van der Waals surface area contributed by atoms with Crippen molar-refractivity contribution in [2.45, 2.75) is 25.7 Å². The zero-order chi connectivity index (χ0) is 11.0. The first-order valence-electron chi connectivity index (χ1n) is 5.86. The summed E-state index contributed by atoms with van der Waals surface area (Å²) in [7, 11) is 0. The van der Waals surface area contributed by atoms with E-state index in [1.807, 2.05) is 17.5 Å². The molecule has 1 N–H and O–H groups in total. The van der Waals surface area contributed by atoms with E-state index in [0.29, 0.717) is 5.92 Å². The van der Waals surface area contributed by atoms with Crippen LogP contribution in [0.4, 0.5) is 0 Å². The van der Waals surface area contributed by atoms with Crippen molar-refractivity contribution in [2.24, 2.45) is 0 Å². The summed E-state index contributed by atoms with van der Waals surface area (Å²) >= 11 is 0. The lowest BCUT2D eigenvalue weighted by molar-refractivity contribution is 0.454. The number of imidazole rings is 1. The first-order chi connectivity index (χ1) is 7.83. The molecule has 2 aromatic rings. The van der Waals surface area contributed by atoms with Crippen LogP contribution in [0, 0.1) is 6.92 Å². The van der Waals surface area contributed by atoms with Gasteiger partial charge < -0.3 is 5.32 Å². The fraction of sp³-hybridized carbons (Fsp3) is 0.500. The van der Waals surface area contributed by atoms with E-state index < -0.39 is 0 Å². The Morgan fingerprint density at radius 1 is 1.44 bits per heavy atom. The van der Waals surface area contributed by atoms with E-state index in [0.717, 1.165) is 24.6 Å². The summed E-state index contributed by atoms with van der Waals surface area (Å²) in [6.07, 6.45) is 6.54. The Morgan fingerprint density at radius 3 is 3.19 bits per heavy atom. The number of hydrogen-bond donors (Lipinski definition) is 1. The Morgan fingerprint density at radius 2 is 2.38 bits per heavy atom. The molecular formula is C12H16N4. The smallest absolute Gasteiger partial charge is 0.234 e. The number of nitrogens with one attached hydrogen (secondary N) is 1. The summed E-state index contributed by atoms with van der Waals surface area (Å²) in [4.78, 5) is 9.03. The molecule has 0 radical (unpaired) electrons. The molecule has 0 amide bonds. The van der Waals surface area contributed by atoms with E-state index in [2.05, 4.69) is 27.5 Å². The fourth-order valence-electron chi connectivity index (χ4n) is 2.34. The SMILES string of the molecule is Cc1cn2ccc(C3CCCNC3)nc2n1. The molecule has 2 aromatic heterocycles. The molecule has 1 unspecified atom stereocenters. The molecular weight excluding hydrogens is 200 g/mol. The average Bonchev–Trinajstić information content (AvgIpc) is 2.69. The second kappa shape index (κ2) is 3.87. The van der Waals surface area contributed by atoms with Crippen LogP contribution in [-0.2, 0) is 0 Å². The average molecular weight is 216 g/mol. The van der Waals surface area contributed by atoms with Crippen molar-refractivity contribution in [2.75, 3.05) is 13.1 Å². The minimum Gasteiger partial charge on any atom is -0.316 e. The Bertz CT molecular complexity index is 497. The molecule has 1 fully saturated rings. The number of rotatable bonds is 1. The summed E-state index contributed by atoms with van der Waals surface area (Å²) in [5, 5.41) is 3.42.